The third-order valence-electron chi connectivity index (χ3n) is 4.10. The van der Waals surface area contributed by atoms with E-state index in [1.807, 2.05) is 60.7 Å². The van der Waals surface area contributed by atoms with E-state index in [4.69, 9.17) is 19.7 Å². The molecule has 0 saturated carbocycles. The molecule has 134 valence electrons. The number of benzene rings is 2. The highest BCUT2D eigenvalue weighted by Gasteiger charge is 2.32. The van der Waals surface area contributed by atoms with Crippen molar-refractivity contribution >= 4 is 0 Å². The Labute approximate surface area is 152 Å². The molecule has 0 aliphatic carbocycles. The molecule has 1 aliphatic rings. The van der Waals surface area contributed by atoms with Gasteiger partial charge in [-0.1, -0.05) is 65.8 Å². The molecule has 3 rings (SSSR count). The average molecular weight is 351 g/mol. The Bertz CT molecular complexity index is 745. The highest BCUT2D eigenvalue weighted by molar-refractivity contribution is 5.14. The van der Waals surface area contributed by atoms with E-state index < -0.39 is 6.04 Å². The maximum absolute atomic E-state index is 8.93. The molecule has 0 aromatic heterocycles. The molecule has 1 heterocycles. The maximum atomic E-state index is 8.93. The topological polar surface area (TPSA) is 76.5 Å². The van der Waals surface area contributed by atoms with Gasteiger partial charge < -0.3 is 14.2 Å². The summed E-state index contributed by atoms with van der Waals surface area (Å²) in [5, 5.41) is 3.88. The lowest BCUT2D eigenvalue weighted by Gasteiger charge is -2.31. The summed E-state index contributed by atoms with van der Waals surface area (Å²) in [5.41, 5.74) is 11.1. The molecule has 1 aliphatic heterocycles. The van der Waals surface area contributed by atoms with E-state index in [2.05, 4.69) is 10.0 Å². The van der Waals surface area contributed by atoms with Crippen molar-refractivity contribution in [2.75, 3.05) is 6.61 Å². The third kappa shape index (κ3) is 5.10. The number of rotatable bonds is 8. The summed E-state index contributed by atoms with van der Waals surface area (Å²) in [6.07, 6.45) is 2.62. The van der Waals surface area contributed by atoms with Crippen molar-refractivity contribution in [1.29, 1.82) is 0 Å². The highest BCUT2D eigenvalue weighted by Crippen LogP contribution is 2.21. The summed E-state index contributed by atoms with van der Waals surface area (Å²) in [4.78, 5) is 2.96. The van der Waals surface area contributed by atoms with E-state index >= 15 is 0 Å². The van der Waals surface area contributed by atoms with Crippen molar-refractivity contribution < 1.29 is 14.2 Å². The molecule has 2 aromatic rings. The zero-order valence-electron chi connectivity index (χ0n) is 14.3. The second-order valence-corrected chi connectivity index (χ2v) is 5.96. The van der Waals surface area contributed by atoms with Crippen molar-refractivity contribution in [2.45, 2.75) is 31.5 Å². The third-order valence-corrected chi connectivity index (χ3v) is 4.10. The van der Waals surface area contributed by atoms with Crippen LogP contribution in [0.15, 0.2) is 78.1 Å². The van der Waals surface area contributed by atoms with Crippen molar-refractivity contribution in [3.05, 3.63) is 94.6 Å². The van der Waals surface area contributed by atoms with Gasteiger partial charge in [-0.05, 0) is 22.7 Å². The van der Waals surface area contributed by atoms with Crippen LogP contribution in [-0.4, -0.2) is 24.9 Å². The van der Waals surface area contributed by atoms with Crippen molar-refractivity contribution in [3.8, 4) is 0 Å². The summed E-state index contributed by atoms with van der Waals surface area (Å²) in [6.45, 7) is 1.22. The van der Waals surface area contributed by atoms with Crippen molar-refractivity contribution in [2.24, 2.45) is 5.11 Å². The second-order valence-electron chi connectivity index (χ2n) is 5.96. The minimum Gasteiger partial charge on any atom is -0.495 e. The van der Waals surface area contributed by atoms with Crippen LogP contribution < -0.4 is 0 Å². The molecule has 0 fully saturated rings. The normalized spacial score (nSPS) is 21.6. The first-order valence-corrected chi connectivity index (χ1v) is 8.50. The summed E-state index contributed by atoms with van der Waals surface area (Å²) in [5.74, 6) is 0. The molecule has 0 spiro atoms. The molecular formula is C20H21N3O3. The lowest BCUT2D eigenvalue weighted by Crippen LogP contribution is -2.42. The first-order chi connectivity index (χ1) is 12.9. The fourth-order valence-electron chi connectivity index (χ4n) is 2.76. The molecule has 0 amide bonds. The maximum Gasteiger partial charge on any atom is 0.132 e. The van der Waals surface area contributed by atoms with Crippen molar-refractivity contribution in [1.82, 2.24) is 0 Å². The lowest BCUT2D eigenvalue weighted by atomic mass is 10.0. The van der Waals surface area contributed by atoms with Gasteiger partial charge in [0.25, 0.3) is 0 Å². The molecule has 0 N–H and O–H groups in total. The number of ether oxygens (including phenoxy) is 3. The Morgan fingerprint density at radius 3 is 2.27 bits per heavy atom. The predicted octanol–water partition coefficient (Wildman–Crippen LogP) is 4.38. The molecule has 2 aromatic carbocycles. The molecule has 0 saturated heterocycles. The Morgan fingerprint density at radius 2 is 1.62 bits per heavy atom. The summed E-state index contributed by atoms with van der Waals surface area (Å²) < 4.78 is 17.3. The van der Waals surface area contributed by atoms with Gasteiger partial charge in [-0.25, -0.2) is 0 Å². The minimum atomic E-state index is -0.482. The highest BCUT2D eigenvalue weighted by atomic mass is 16.5. The van der Waals surface area contributed by atoms with Crippen LogP contribution in [0.2, 0.25) is 0 Å². The zero-order chi connectivity index (χ0) is 18.0. The van der Waals surface area contributed by atoms with E-state index in [1.54, 1.807) is 12.3 Å². The fraction of sp³-hybridized carbons (Fsp3) is 0.300. The van der Waals surface area contributed by atoms with Gasteiger partial charge in [-0.3, -0.25) is 0 Å². The Hall–Kier alpha value is -2.79. The van der Waals surface area contributed by atoms with Gasteiger partial charge in [0.05, 0.1) is 32.2 Å². The predicted molar refractivity (Wildman–Crippen MR) is 98.1 cm³/mol. The molecule has 3 atom stereocenters. The van der Waals surface area contributed by atoms with Gasteiger partial charge in [0.2, 0.25) is 0 Å². The van der Waals surface area contributed by atoms with Gasteiger partial charge in [0.15, 0.2) is 0 Å². The summed E-state index contributed by atoms with van der Waals surface area (Å²) in [7, 11) is 0. The van der Waals surface area contributed by atoms with Gasteiger partial charge in [-0.2, -0.15) is 0 Å². The fourth-order valence-corrected chi connectivity index (χ4v) is 2.76. The van der Waals surface area contributed by atoms with Gasteiger partial charge in [0, 0.05) is 4.91 Å². The summed E-state index contributed by atoms with van der Waals surface area (Å²) >= 11 is 0. The monoisotopic (exact) mass is 351 g/mol. The SMILES string of the molecule is [N-]=[N+]=N[C@@H]1C(OCc2ccccc2)C=COC1COCc1ccccc1. The standard InChI is InChI=1S/C20H21N3O3/c21-23-22-20-18(26-14-17-9-5-2-6-10-17)11-12-25-19(20)15-24-13-16-7-3-1-4-8-16/h1-12,18-20H,13-15H2/t18?,19?,20-/m1/s1. The Balaban J connectivity index is 1.57. The van der Waals surface area contributed by atoms with E-state index in [0.717, 1.165) is 11.1 Å². The van der Waals surface area contributed by atoms with E-state index in [1.165, 1.54) is 0 Å². The van der Waals surface area contributed by atoms with Crippen LogP contribution in [0.5, 0.6) is 0 Å². The Morgan fingerprint density at radius 1 is 0.962 bits per heavy atom. The molecule has 6 heteroatoms. The number of azide groups is 1. The second kappa shape index (κ2) is 9.63. The van der Waals surface area contributed by atoms with Crippen LogP contribution in [0.1, 0.15) is 11.1 Å². The van der Waals surface area contributed by atoms with Gasteiger partial charge >= 0.3 is 0 Å². The largest absolute Gasteiger partial charge is 0.495 e. The summed E-state index contributed by atoms with van der Waals surface area (Å²) in [6, 6.07) is 19.3. The van der Waals surface area contributed by atoms with Crippen LogP contribution >= 0.6 is 0 Å². The minimum absolute atomic E-state index is 0.314. The first-order valence-electron chi connectivity index (χ1n) is 8.50. The van der Waals surface area contributed by atoms with Crippen LogP contribution in [0.25, 0.3) is 10.4 Å². The number of hydrogen-bond acceptors (Lipinski definition) is 4. The quantitative estimate of drug-likeness (QED) is 0.402. The zero-order valence-corrected chi connectivity index (χ0v) is 14.3. The van der Waals surface area contributed by atoms with E-state index in [-0.39, 0.29) is 12.2 Å². The van der Waals surface area contributed by atoms with E-state index in [9.17, 15) is 0 Å². The van der Waals surface area contributed by atoms with Gasteiger partial charge in [-0.15, -0.1) is 0 Å². The molecule has 0 bridgehead atoms. The van der Waals surface area contributed by atoms with Crippen LogP contribution in [0.4, 0.5) is 0 Å². The number of hydrogen-bond donors (Lipinski definition) is 0. The molecule has 2 unspecified atom stereocenters. The van der Waals surface area contributed by atoms with E-state index in [0.29, 0.717) is 19.8 Å². The average Bonchev–Trinajstić information content (AvgIpc) is 2.70. The van der Waals surface area contributed by atoms with Crippen molar-refractivity contribution in [3.63, 3.8) is 0 Å². The van der Waals surface area contributed by atoms with Gasteiger partial charge in [0.1, 0.15) is 12.1 Å². The van der Waals surface area contributed by atoms with Crippen LogP contribution in [0, 0.1) is 0 Å². The molecule has 0 radical (unpaired) electrons. The lowest BCUT2D eigenvalue weighted by molar-refractivity contribution is -0.0470. The first kappa shape index (κ1) is 18.0. The molecule has 6 nitrogen and oxygen atoms in total. The molecule has 26 heavy (non-hydrogen) atoms. The number of nitrogens with zero attached hydrogens (tertiary/aromatic N) is 3. The van der Waals surface area contributed by atoms with Crippen LogP contribution in [-0.2, 0) is 27.4 Å². The van der Waals surface area contributed by atoms with Crippen LogP contribution in [0.3, 0.4) is 0 Å². The smallest absolute Gasteiger partial charge is 0.132 e. The molecular weight excluding hydrogens is 330 g/mol. The Kier molecular flexibility index (Phi) is 6.67.